The number of carboxylic acid groups (broad SMARTS) is 1. The molecule has 0 spiro atoms. The number of hydrogen-bond acceptors (Lipinski definition) is 12. The summed E-state index contributed by atoms with van der Waals surface area (Å²) in [5, 5.41) is 21.9. The largest absolute Gasteiger partial charge is 0.480 e. The topological polar surface area (TPSA) is 406 Å². The van der Waals surface area contributed by atoms with E-state index in [0.29, 0.717) is 25.8 Å². The number of hydrogen-bond donors (Lipinski definition) is 12. The van der Waals surface area contributed by atoms with Crippen LogP contribution in [0.1, 0.15) is 78.1 Å². The van der Waals surface area contributed by atoms with Crippen LogP contribution in [0.4, 0.5) is 0 Å². The molecule has 0 saturated carbocycles. The Labute approximate surface area is 324 Å². The van der Waals surface area contributed by atoms with Crippen molar-refractivity contribution in [3.8, 4) is 0 Å². The number of aliphatic imine (C=N–C) groups is 1. The van der Waals surface area contributed by atoms with Crippen molar-refractivity contribution in [3.63, 3.8) is 0 Å². The summed E-state index contributed by atoms with van der Waals surface area (Å²) in [6.07, 6.45) is 0.816. The van der Waals surface area contributed by atoms with Gasteiger partial charge in [-0.25, -0.2) is 4.79 Å². The molecular formula is C33H59N13O10. The van der Waals surface area contributed by atoms with Gasteiger partial charge in [-0.3, -0.25) is 43.3 Å². The molecule has 1 rings (SSSR count). The van der Waals surface area contributed by atoms with E-state index in [1.165, 1.54) is 4.90 Å². The number of nitrogens with two attached hydrogens (primary N) is 6. The van der Waals surface area contributed by atoms with Crippen LogP contribution in [0.5, 0.6) is 0 Å². The minimum Gasteiger partial charge on any atom is -0.480 e. The van der Waals surface area contributed by atoms with E-state index in [-0.39, 0.29) is 57.1 Å². The normalized spacial score (nSPS) is 16.3. The lowest BCUT2D eigenvalue weighted by Gasteiger charge is -2.27. The number of rotatable bonds is 26. The fourth-order valence-corrected chi connectivity index (χ4v) is 5.80. The third-order valence-corrected chi connectivity index (χ3v) is 8.54. The first-order valence-electron chi connectivity index (χ1n) is 18.4. The van der Waals surface area contributed by atoms with Gasteiger partial charge in [0.05, 0.1) is 25.4 Å². The Morgan fingerprint density at radius 1 is 0.768 bits per heavy atom. The molecule has 0 unspecified atom stereocenters. The molecule has 23 heteroatoms. The van der Waals surface area contributed by atoms with Crippen LogP contribution in [0.3, 0.4) is 0 Å². The number of carbonyl (C=O) groups is 9. The Morgan fingerprint density at radius 3 is 1.91 bits per heavy atom. The van der Waals surface area contributed by atoms with Crippen molar-refractivity contribution in [3.05, 3.63) is 0 Å². The van der Waals surface area contributed by atoms with Crippen molar-refractivity contribution in [2.45, 2.75) is 114 Å². The first-order chi connectivity index (χ1) is 26.3. The summed E-state index contributed by atoms with van der Waals surface area (Å²) in [5.74, 6) is -8.30. The lowest BCUT2D eigenvalue weighted by atomic mass is 10.0. The van der Waals surface area contributed by atoms with Crippen LogP contribution in [0.15, 0.2) is 4.99 Å². The average Bonchev–Trinajstić information content (AvgIpc) is 3.59. The molecule has 56 heavy (non-hydrogen) atoms. The number of carboxylic acids is 1. The number of guanidine groups is 1. The second kappa shape index (κ2) is 24.8. The molecule has 0 aliphatic carbocycles. The molecule has 1 aliphatic heterocycles. The molecular weight excluding hydrogens is 738 g/mol. The van der Waals surface area contributed by atoms with E-state index in [4.69, 9.17) is 34.4 Å². The van der Waals surface area contributed by atoms with Gasteiger partial charge >= 0.3 is 5.97 Å². The quantitative estimate of drug-likeness (QED) is 0.0221. The summed E-state index contributed by atoms with van der Waals surface area (Å²) in [5.41, 5.74) is 32.4. The van der Waals surface area contributed by atoms with Crippen LogP contribution < -0.4 is 61.0 Å². The predicted octanol–water partition coefficient (Wildman–Crippen LogP) is -5.58. The van der Waals surface area contributed by atoms with Gasteiger partial charge in [0.25, 0.3) is 0 Å². The number of unbranched alkanes of at least 4 members (excludes halogenated alkanes) is 1. The number of likely N-dealkylation sites (tertiary alicyclic amines) is 1. The Bertz CT molecular complexity index is 1440. The molecule has 0 aromatic carbocycles. The van der Waals surface area contributed by atoms with Crippen molar-refractivity contribution in [2.75, 3.05) is 26.2 Å². The van der Waals surface area contributed by atoms with Crippen LogP contribution >= 0.6 is 0 Å². The second-order valence-corrected chi connectivity index (χ2v) is 13.9. The van der Waals surface area contributed by atoms with Crippen LogP contribution in [-0.4, -0.2) is 132 Å². The van der Waals surface area contributed by atoms with E-state index in [1.807, 2.05) is 0 Å². The summed E-state index contributed by atoms with van der Waals surface area (Å²) in [6.45, 7) is 3.44. The maximum atomic E-state index is 13.6. The molecule has 316 valence electrons. The van der Waals surface area contributed by atoms with E-state index in [9.17, 15) is 48.3 Å². The van der Waals surface area contributed by atoms with E-state index >= 15 is 0 Å². The van der Waals surface area contributed by atoms with E-state index in [2.05, 4.69) is 31.6 Å². The minimum absolute atomic E-state index is 0.0180. The summed E-state index contributed by atoms with van der Waals surface area (Å²) in [6, 6.07) is -7.67. The van der Waals surface area contributed by atoms with Gasteiger partial charge in [-0.15, -0.1) is 0 Å². The molecule has 8 amide bonds. The molecule has 0 aromatic rings. The highest BCUT2D eigenvalue weighted by atomic mass is 16.4. The van der Waals surface area contributed by atoms with Crippen molar-refractivity contribution in [2.24, 2.45) is 45.3 Å². The van der Waals surface area contributed by atoms with Gasteiger partial charge < -0.3 is 71.0 Å². The van der Waals surface area contributed by atoms with Gasteiger partial charge in [0.2, 0.25) is 47.3 Å². The SMILES string of the molecule is CC(C)C[C@H](NC(=O)[C@H](CC(N)=O)NC(=O)CNC(=O)[C@@H]1CCCN1C(=O)[C@@H](N)CC(N)=O)C(=O)N[C@@H](CCCCN)C(=O)N[C@@H](CCCN=C(N)N)C(=O)O. The fourth-order valence-electron chi connectivity index (χ4n) is 5.80. The Hall–Kier alpha value is -5.58. The van der Waals surface area contributed by atoms with Crippen molar-refractivity contribution in [1.29, 1.82) is 0 Å². The molecule has 0 radical (unpaired) electrons. The molecule has 18 N–H and O–H groups in total. The van der Waals surface area contributed by atoms with Crippen molar-refractivity contribution < 1.29 is 48.3 Å². The van der Waals surface area contributed by atoms with Gasteiger partial charge in [-0.1, -0.05) is 13.8 Å². The third kappa shape index (κ3) is 18.2. The van der Waals surface area contributed by atoms with Crippen molar-refractivity contribution in [1.82, 2.24) is 31.5 Å². The first-order valence-corrected chi connectivity index (χ1v) is 18.4. The van der Waals surface area contributed by atoms with Crippen LogP contribution in [0, 0.1) is 5.92 Å². The van der Waals surface area contributed by atoms with Gasteiger partial charge in [0.1, 0.15) is 30.2 Å². The Kier molecular flexibility index (Phi) is 21.4. The van der Waals surface area contributed by atoms with Crippen LogP contribution in [0.2, 0.25) is 0 Å². The van der Waals surface area contributed by atoms with Gasteiger partial charge in [0, 0.05) is 13.1 Å². The number of aliphatic carboxylic acids is 1. The zero-order valence-electron chi connectivity index (χ0n) is 31.9. The van der Waals surface area contributed by atoms with Gasteiger partial charge in [0.15, 0.2) is 5.96 Å². The standard InChI is InChI=1S/C33H59N13O10/c1-17(2)13-21(28(51)43-19(7-3-4-10-34)27(50)44-20(32(55)56)8-5-11-40-33(38)39)45-29(52)22(15-25(37)48)42-26(49)16-41-30(53)23-9-6-12-46(23)31(54)18(35)14-24(36)47/h17-23H,3-16,34-35H2,1-2H3,(H2,36,47)(H2,37,48)(H,41,53)(H,42,49)(H,43,51)(H,44,50)(H,45,52)(H,55,56)(H4,38,39,40)/t18-,19-,20-,21-,22-,23-/m0/s1. The Balaban J connectivity index is 3.06. The summed E-state index contributed by atoms with van der Waals surface area (Å²) in [4.78, 5) is 119. The smallest absolute Gasteiger partial charge is 0.326 e. The third-order valence-electron chi connectivity index (χ3n) is 8.54. The van der Waals surface area contributed by atoms with Gasteiger partial charge in [-0.05, 0) is 63.8 Å². The number of primary amides is 2. The molecule has 1 aliphatic rings. The predicted molar refractivity (Wildman–Crippen MR) is 201 cm³/mol. The van der Waals surface area contributed by atoms with E-state index in [0.717, 1.165) is 0 Å². The van der Waals surface area contributed by atoms with E-state index < -0.39 is 109 Å². The molecule has 0 aromatic heterocycles. The lowest BCUT2D eigenvalue weighted by molar-refractivity contribution is -0.142. The maximum Gasteiger partial charge on any atom is 0.326 e. The molecule has 0 bridgehead atoms. The van der Waals surface area contributed by atoms with Gasteiger partial charge in [-0.2, -0.15) is 0 Å². The highest BCUT2D eigenvalue weighted by Crippen LogP contribution is 2.19. The highest BCUT2D eigenvalue weighted by molar-refractivity contribution is 5.98. The molecule has 6 atom stereocenters. The zero-order valence-corrected chi connectivity index (χ0v) is 31.9. The molecule has 1 heterocycles. The summed E-state index contributed by atoms with van der Waals surface area (Å²) < 4.78 is 0. The lowest BCUT2D eigenvalue weighted by Crippen LogP contribution is -2.58. The van der Waals surface area contributed by atoms with E-state index in [1.54, 1.807) is 13.8 Å². The average molecular weight is 798 g/mol. The number of amides is 8. The Morgan fingerprint density at radius 2 is 1.34 bits per heavy atom. The summed E-state index contributed by atoms with van der Waals surface area (Å²) >= 11 is 0. The monoisotopic (exact) mass is 797 g/mol. The molecule has 23 nitrogen and oxygen atoms in total. The number of nitrogens with zero attached hydrogens (tertiary/aromatic N) is 2. The first kappa shape index (κ1) is 48.4. The molecule has 1 fully saturated rings. The van der Waals surface area contributed by atoms with Crippen LogP contribution in [-0.2, 0) is 43.2 Å². The zero-order chi connectivity index (χ0) is 42.5. The number of nitrogens with one attached hydrogen (secondary N) is 5. The maximum absolute atomic E-state index is 13.6. The van der Waals surface area contributed by atoms with Crippen LogP contribution in [0.25, 0.3) is 0 Å². The minimum atomic E-state index is -1.59. The highest BCUT2D eigenvalue weighted by Gasteiger charge is 2.37. The second-order valence-electron chi connectivity index (χ2n) is 13.9. The number of carbonyl (C=O) groups excluding carboxylic acids is 8. The molecule has 1 saturated heterocycles. The fraction of sp³-hybridized carbons (Fsp3) is 0.697. The van der Waals surface area contributed by atoms with Crippen molar-refractivity contribution >= 4 is 59.2 Å². The summed E-state index contributed by atoms with van der Waals surface area (Å²) in [7, 11) is 0.